The topological polar surface area (TPSA) is 38.0 Å². The summed E-state index contributed by atoms with van der Waals surface area (Å²) in [5, 5.41) is 10.1. The van der Waals surface area contributed by atoms with E-state index < -0.39 is 0 Å². The molecule has 1 aromatic heterocycles. The highest BCUT2D eigenvalue weighted by atomic mass is 16.3. The van der Waals surface area contributed by atoms with Gasteiger partial charge in [-0.25, -0.2) is 4.98 Å². The lowest BCUT2D eigenvalue weighted by molar-refractivity contribution is 0.476. The largest absolute Gasteiger partial charge is 0.507 e. The smallest absolute Gasteiger partial charge is 0.144 e. The second kappa shape index (κ2) is 6.00. The summed E-state index contributed by atoms with van der Waals surface area (Å²) in [6.45, 7) is 3.13. The number of nitrogens with zero attached hydrogens (tertiary/aromatic N) is 2. The molecular weight excluding hydrogens is 260 g/mol. The molecule has 0 aliphatic carbocycles. The molecule has 3 rings (SSSR count). The summed E-state index contributed by atoms with van der Waals surface area (Å²) in [5.74, 6) is 1.13. The zero-order valence-electron chi connectivity index (χ0n) is 12.3. The van der Waals surface area contributed by atoms with Crippen molar-refractivity contribution in [1.82, 2.24) is 9.55 Å². The van der Waals surface area contributed by atoms with Crippen molar-refractivity contribution in [1.29, 1.82) is 0 Å². The maximum absolute atomic E-state index is 10.1. The Labute approximate surface area is 124 Å². The first kappa shape index (κ1) is 13.7. The quantitative estimate of drug-likeness (QED) is 0.694. The van der Waals surface area contributed by atoms with Crippen LogP contribution < -0.4 is 0 Å². The highest BCUT2D eigenvalue weighted by molar-refractivity contribution is 5.81. The first-order chi connectivity index (χ1) is 10.3. The Morgan fingerprint density at radius 2 is 1.76 bits per heavy atom. The Kier molecular flexibility index (Phi) is 3.91. The second-order valence-electron chi connectivity index (χ2n) is 5.30. The number of phenols is 1. The third-order valence-corrected chi connectivity index (χ3v) is 3.78. The van der Waals surface area contributed by atoms with Gasteiger partial charge in [-0.2, -0.15) is 0 Å². The molecule has 1 N–H and O–H groups in total. The van der Waals surface area contributed by atoms with Gasteiger partial charge >= 0.3 is 0 Å². The average Bonchev–Trinajstić information content (AvgIpc) is 2.87. The van der Waals surface area contributed by atoms with Crippen LogP contribution in [0.4, 0.5) is 0 Å². The molecule has 0 fully saturated rings. The van der Waals surface area contributed by atoms with E-state index in [0.717, 1.165) is 35.4 Å². The molecule has 0 atom stereocenters. The predicted molar refractivity (Wildman–Crippen MR) is 86.4 cm³/mol. The molecule has 2 aromatic carbocycles. The molecule has 3 nitrogen and oxygen atoms in total. The van der Waals surface area contributed by atoms with E-state index in [0.29, 0.717) is 0 Å². The van der Waals surface area contributed by atoms with E-state index in [1.165, 1.54) is 12.8 Å². The van der Waals surface area contributed by atoms with Gasteiger partial charge in [-0.05, 0) is 30.7 Å². The van der Waals surface area contributed by atoms with E-state index >= 15 is 0 Å². The summed E-state index contributed by atoms with van der Waals surface area (Å²) in [6.07, 6.45) is 3.52. The molecule has 0 saturated heterocycles. The minimum Gasteiger partial charge on any atom is -0.507 e. The molecule has 0 unspecified atom stereocenters. The summed E-state index contributed by atoms with van der Waals surface area (Å²) < 4.78 is 2.22. The Morgan fingerprint density at radius 3 is 2.57 bits per heavy atom. The molecule has 108 valence electrons. The van der Waals surface area contributed by atoms with E-state index in [1.807, 2.05) is 36.4 Å². The normalized spacial score (nSPS) is 11.1. The van der Waals surface area contributed by atoms with Crippen LogP contribution in [0.5, 0.6) is 5.75 Å². The van der Waals surface area contributed by atoms with E-state index in [-0.39, 0.29) is 5.75 Å². The molecule has 0 aliphatic rings. The van der Waals surface area contributed by atoms with Crippen LogP contribution in [0.15, 0.2) is 48.5 Å². The Balaban J connectivity index is 2.12. The fourth-order valence-corrected chi connectivity index (χ4v) is 2.69. The fourth-order valence-electron chi connectivity index (χ4n) is 2.69. The summed E-state index contributed by atoms with van der Waals surface area (Å²) in [5.41, 5.74) is 2.91. The molecule has 0 bridgehead atoms. The number of benzene rings is 2. The first-order valence-electron chi connectivity index (χ1n) is 7.55. The third-order valence-electron chi connectivity index (χ3n) is 3.78. The van der Waals surface area contributed by atoms with E-state index in [2.05, 4.69) is 17.6 Å². The van der Waals surface area contributed by atoms with Crippen molar-refractivity contribution in [2.45, 2.75) is 32.7 Å². The Bertz CT molecular complexity index is 746. The van der Waals surface area contributed by atoms with Crippen LogP contribution in [0.2, 0.25) is 0 Å². The van der Waals surface area contributed by atoms with Crippen LogP contribution in [-0.2, 0) is 6.54 Å². The molecule has 3 aromatic rings. The monoisotopic (exact) mass is 280 g/mol. The number of aromatic hydroxyl groups is 1. The fraction of sp³-hybridized carbons (Fsp3) is 0.278. The second-order valence-corrected chi connectivity index (χ2v) is 5.30. The van der Waals surface area contributed by atoms with Gasteiger partial charge in [-0.15, -0.1) is 0 Å². The van der Waals surface area contributed by atoms with Crippen LogP contribution in [-0.4, -0.2) is 14.7 Å². The van der Waals surface area contributed by atoms with Crippen LogP contribution in [0.3, 0.4) is 0 Å². The van der Waals surface area contributed by atoms with Crippen molar-refractivity contribution in [3.63, 3.8) is 0 Å². The molecule has 1 heterocycles. The predicted octanol–water partition coefficient (Wildman–Crippen LogP) is 4.60. The van der Waals surface area contributed by atoms with Gasteiger partial charge in [0.25, 0.3) is 0 Å². The number of imidazole rings is 1. The number of fused-ring (bicyclic) bond motifs is 1. The number of phenolic OH excluding ortho intramolecular Hbond substituents is 1. The van der Waals surface area contributed by atoms with E-state index in [1.54, 1.807) is 6.07 Å². The lowest BCUT2D eigenvalue weighted by Crippen LogP contribution is -2.01. The van der Waals surface area contributed by atoms with Crippen molar-refractivity contribution in [2.75, 3.05) is 0 Å². The zero-order valence-corrected chi connectivity index (χ0v) is 12.3. The third kappa shape index (κ3) is 2.64. The van der Waals surface area contributed by atoms with Gasteiger partial charge < -0.3 is 9.67 Å². The number of aromatic nitrogens is 2. The van der Waals surface area contributed by atoms with Crippen LogP contribution in [0.25, 0.3) is 22.4 Å². The van der Waals surface area contributed by atoms with Crippen LogP contribution >= 0.6 is 0 Å². The Morgan fingerprint density at radius 1 is 1.00 bits per heavy atom. The molecular formula is C18H20N2O. The number of aryl methyl sites for hydroxylation is 1. The standard InChI is InChI=1S/C18H20N2O/c1-2-3-8-13-20-16-11-6-5-10-15(16)19-18(20)14-9-4-7-12-17(14)21/h4-7,9-12,21H,2-3,8,13H2,1H3. The molecule has 0 amide bonds. The summed E-state index contributed by atoms with van der Waals surface area (Å²) in [4.78, 5) is 4.73. The Hall–Kier alpha value is -2.29. The zero-order chi connectivity index (χ0) is 14.7. The maximum atomic E-state index is 10.1. The highest BCUT2D eigenvalue weighted by Gasteiger charge is 2.14. The molecule has 0 radical (unpaired) electrons. The van der Waals surface area contributed by atoms with E-state index in [9.17, 15) is 5.11 Å². The van der Waals surface area contributed by atoms with Crippen molar-refractivity contribution >= 4 is 11.0 Å². The van der Waals surface area contributed by atoms with Gasteiger partial charge in [0.2, 0.25) is 0 Å². The number of hydrogen-bond donors (Lipinski definition) is 1. The summed E-state index contributed by atoms with van der Waals surface area (Å²) in [7, 11) is 0. The first-order valence-corrected chi connectivity index (χ1v) is 7.55. The number of unbranched alkanes of at least 4 members (excludes halogenated alkanes) is 2. The highest BCUT2D eigenvalue weighted by Crippen LogP contribution is 2.31. The van der Waals surface area contributed by atoms with Gasteiger partial charge in [0.15, 0.2) is 0 Å². The summed E-state index contributed by atoms with van der Waals surface area (Å²) in [6, 6.07) is 15.6. The van der Waals surface area contributed by atoms with Crippen LogP contribution in [0.1, 0.15) is 26.2 Å². The van der Waals surface area contributed by atoms with Gasteiger partial charge in [-0.1, -0.05) is 44.0 Å². The SMILES string of the molecule is CCCCCn1c(-c2ccccc2O)nc2ccccc21. The van der Waals surface area contributed by atoms with Crippen molar-refractivity contribution in [3.8, 4) is 17.1 Å². The number of hydrogen-bond acceptors (Lipinski definition) is 2. The van der Waals surface area contributed by atoms with Crippen molar-refractivity contribution in [3.05, 3.63) is 48.5 Å². The minimum atomic E-state index is 0.282. The van der Waals surface area contributed by atoms with Gasteiger partial charge in [0, 0.05) is 6.54 Å². The van der Waals surface area contributed by atoms with Crippen molar-refractivity contribution in [2.24, 2.45) is 0 Å². The van der Waals surface area contributed by atoms with Gasteiger partial charge in [0.05, 0.1) is 16.6 Å². The molecule has 0 saturated carbocycles. The number of para-hydroxylation sites is 3. The van der Waals surface area contributed by atoms with Crippen molar-refractivity contribution < 1.29 is 5.11 Å². The molecule has 21 heavy (non-hydrogen) atoms. The lowest BCUT2D eigenvalue weighted by Gasteiger charge is -2.10. The lowest BCUT2D eigenvalue weighted by atomic mass is 10.2. The maximum Gasteiger partial charge on any atom is 0.144 e. The molecule has 3 heteroatoms. The number of rotatable bonds is 5. The molecule has 0 aliphatic heterocycles. The summed E-state index contributed by atoms with van der Waals surface area (Å²) >= 11 is 0. The average molecular weight is 280 g/mol. The van der Waals surface area contributed by atoms with Crippen LogP contribution in [0, 0.1) is 0 Å². The molecule has 0 spiro atoms. The van der Waals surface area contributed by atoms with Gasteiger partial charge in [0.1, 0.15) is 11.6 Å². The minimum absolute atomic E-state index is 0.282. The van der Waals surface area contributed by atoms with Gasteiger partial charge in [-0.3, -0.25) is 0 Å². The van der Waals surface area contributed by atoms with E-state index in [4.69, 9.17) is 4.98 Å².